The second-order valence-corrected chi connectivity index (χ2v) is 7.12. The Labute approximate surface area is 170 Å². The Kier molecular flexibility index (Phi) is 6.77. The van der Waals surface area contributed by atoms with E-state index in [2.05, 4.69) is 10.4 Å². The molecule has 1 amide bonds. The summed E-state index contributed by atoms with van der Waals surface area (Å²) in [6.07, 6.45) is 1.57. The lowest BCUT2D eigenvalue weighted by Crippen LogP contribution is -2.24. The van der Waals surface area contributed by atoms with Gasteiger partial charge in [0.2, 0.25) is 0 Å². The topological polar surface area (TPSA) is 56.1 Å². The molecule has 0 spiro atoms. The van der Waals surface area contributed by atoms with Crippen LogP contribution in [0.1, 0.15) is 53.9 Å². The van der Waals surface area contributed by atoms with E-state index in [1.165, 1.54) is 12.1 Å². The third-order valence-corrected chi connectivity index (χ3v) is 4.62. The highest BCUT2D eigenvalue weighted by molar-refractivity contribution is 5.95. The largest absolute Gasteiger partial charge is 0.377 e. The molecule has 152 valence electrons. The highest BCUT2D eigenvalue weighted by Crippen LogP contribution is 2.23. The molecule has 0 unspecified atom stereocenters. The summed E-state index contributed by atoms with van der Waals surface area (Å²) in [7, 11) is 0. The highest BCUT2D eigenvalue weighted by Gasteiger charge is 2.20. The molecule has 0 fully saturated rings. The Bertz CT molecular complexity index is 947. The van der Waals surface area contributed by atoms with E-state index in [1.807, 2.05) is 45.0 Å². The number of benzene rings is 2. The Balaban J connectivity index is 1.73. The maximum atomic E-state index is 13.2. The van der Waals surface area contributed by atoms with Crippen LogP contribution in [0.4, 0.5) is 4.39 Å². The van der Waals surface area contributed by atoms with E-state index in [0.717, 1.165) is 22.5 Å². The van der Waals surface area contributed by atoms with Crippen molar-refractivity contribution in [1.29, 1.82) is 0 Å². The van der Waals surface area contributed by atoms with Gasteiger partial charge >= 0.3 is 0 Å². The van der Waals surface area contributed by atoms with Gasteiger partial charge in [-0.3, -0.25) is 4.79 Å². The summed E-state index contributed by atoms with van der Waals surface area (Å²) >= 11 is 0. The average Bonchev–Trinajstić information content (AvgIpc) is 3.17. The zero-order valence-electron chi connectivity index (χ0n) is 17.0. The molecule has 1 heterocycles. The molecule has 3 aromatic rings. The average molecular weight is 395 g/mol. The number of ether oxygens (including phenoxy) is 1. The normalized spacial score (nSPS) is 11.1. The van der Waals surface area contributed by atoms with Gasteiger partial charge in [0, 0.05) is 13.2 Å². The molecular weight excluding hydrogens is 369 g/mol. The minimum absolute atomic E-state index is 0.0705. The van der Waals surface area contributed by atoms with Crippen LogP contribution in [0.15, 0.2) is 54.7 Å². The zero-order chi connectivity index (χ0) is 20.8. The van der Waals surface area contributed by atoms with Gasteiger partial charge in [-0.05, 0) is 48.2 Å². The van der Waals surface area contributed by atoms with Crippen molar-refractivity contribution < 1.29 is 13.9 Å². The van der Waals surface area contributed by atoms with Gasteiger partial charge < -0.3 is 10.1 Å². The van der Waals surface area contributed by atoms with Crippen molar-refractivity contribution in [3.05, 3.63) is 82.9 Å². The van der Waals surface area contributed by atoms with Crippen LogP contribution in [-0.2, 0) is 17.9 Å². The number of nitrogens with one attached hydrogen (secondary N) is 1. The first kappa shape index (κ1) is 20.7. The second-order valence-electron chi connectivity index (χ2n) is 7.12. The van der Waals surface area contributed by atoms with E-state index in [4.69, 9.17) is 4.74 Å². The van der Waals surface area contributed by atoms with Crippen molar-refractivity contribution in [3.8, 4) is 5.69 Å². The molecule has 1 N–H and O–H groups in total. The molecular formula is C23H26FN3O2. The number of hydrogen-bond donors (Lipinski definition) is 1. The molecule has 0 bridgehead atoms. The van der Waals surface area contributed by atoms with Gasteiger partial charge in [-0.15, -0.1) is 0 Å². The lowest BCUT2D eigenvalue weighted by molar-refractivity contribution is 0.0949. The first-order valence-corrected chi connectivity index (χ1v) is 9.77. The minimum atomic E-state index is -0.308. The van der Waals surface area contributed by atoms with Crippen molar-refractivity contribution >= 4 is 5.91 Å². The van der Waals surface area contributed by atoms with Crippen molar-refractivity contribution in [2.45, 2.75) is 39.8 Å². The lowest BCUT2D eigenvalue weighted by Gasteiger charge is -2.13. The molecule has 0 aliphatic carbocycles. The van der Waals surface area contributed by atoms with E-state index >= 15 is 0 Å². The standard InChI is InChI=1S/C23H26FN3O2/c1-4-29-15-18-7-5-17(6-8-18)13-25-23(28)21-14-26-27(22(21)16(2)3)20-11-9-19(24)10-12-20/h5-12,14,16H,4,13,15H2,1-3H3,(H,25,28). The molecule has 5 nitrogen and oxygen atoms in total. The molecule has 0 saturated carbocycles. The van der Waals surface area contributed by atoms with Gasteiger partial charge in [0.25, 0.3) is 5.91 Å². The number of carbonyl (C=O) groups is 1. The number of amides is 1. The summed E-state index contributed by atoms with van der Waals surface area (Å²) in [6, 6.07) is 14.1. The summed E-state index contributed by atoms with van der Waals surface area (Å²) in [5.41, 5.74) is 4.15. The van der Waals surface area contributed by atoms with E-state index in [1.54, 1.807) is 23.0 Å². The monoisotopic (exact) mass is 395 g/mol. The summed E-state index contributed by atoms with van der Waals surface area (Å²) in [5, 5.41) is 7.34. The fraction of sp³-hybridized carbons (Fsp3) is 0.304. The maximum absolute atomic E-state index is 13.2. The predicted octanol–water partition coefficient (Wildman–Crippen LogP) is 4.60. The molecule has 0 atom stereocenters. The van der Waals surface area contributed by atoms with Crippen molar-refractivity contribution in [2.24, 2.45) is 0 Å². The van der Waals surface area contributed by atoms with E-state index in [9.17, 15) is 9.18 Å². The summed E-state index contributed by atoms with van der Waals surface area (Å²) in [6.45, 7) is 7.67. The molecule has 6 heteroatoms. The summed E-state index contributed by atoms with van der Waals surface area (Å²) < 4.78 is 20.3. The van der Waals surface area contributed by atoms with E-state index in [-0.39, 0.29) is 17.6 Å². The van der Waals surface area contributed by atoms with Crippen LogP contribution in [0.5, 0.6) is 0 Å². The number of halogens is 1. The van der Waals surface area contributed by atoms with Crippen LogP contribution in [-0.4, -0.2) is 22.3 Å². The van der Waals surface area contributed by atoms with Gasteiger partial charge in [-0.2, -0.15) is 5.10 Å². The quantitative estimate of drug-likeness (QED) is 0.606. The predicted molar refractivity (Wildman–Crippen MR) is 111 cm³/mol. The van der Waals surface area contributed by atoms with Crippen LogP contribution in [0, 0.1) is 5.82 Å². The summed E-state index contributed by atoms with van der Waals surface area (Å²) in [4.78, 5) is 12.8. The van der Waals surface area contributed by atoms with Crippen LogP contribution in [0.2, 0.25) is 0 Å². The van der Waals surface area contributed by atoms with Crippen LogP contribution in [0.3, 0.4) is 0 Å². The van der Waals surface area contributed by atoms with Gasteiger partial charge in [0.05, 0.1) is 29.7 Å². The molecule has 0 aliphatic heterocycles. The smallest absolute Gasteiger partial charge is 0.255 e. The van der Waals surface area contributed by atoms with Gasteiger partial charge in [0.1, 0.15) is 5.82 Å². The molecule has 3 rings (SSSR count). The van der Waals surface area contributed by atoms with Crippen LogP contribution >= 0.6 is 0 Å². The van der Waals surface area contributed by atoms with Crippen molar-refractivity contribution in [1.82, 2.24) is 15.1 Å². The number of nitrogens with zero attached hydrogens (tertiary/aromatic N) is 2. The minimum Gasteiger partial charge on any atom is -0.377 e. The van der Waals surface area contributed by atoms with E-state index < -0.39 is 0 Å². The van der Waals surface area contributed by atoms with Gasteiger partial charge in [-0.25, -0.2) is 9.07 Å². The Morgan fingerprint density at radius 3 is 2.38 bits per heavy atom. The molecule has 2 aromatic carbocycles. The molecule has 29 heavy (non-hydrogen) atoms. The fourth-order valence-electron chi connectivity index (χ4n) is 3.13. The third kappa shape index (κ3) is 5.09. The first-order valence-electron chi connectivity index (χ1n) is 9.77. The highest BCUT2D eigenvalue weighted by atomic mass is 19.1. The second kappa shape index (κ2) is 9.47. The fourth-order valence-corrected chi connectivity index (χ4v) is 3.13. The van der Waals surface area contributed by atoms with Crippen LogP contribution < -0.4 is 5.32 Å². The summed E-state index contributed by atoms with van der Waals surface area (Å²) in [5.74, 6) is -0.418. The number of rotatable bonds is 8. The maximum Gasteiger partial charge on any atom is 0.255 e. The molecule has 1 aromatic heterocycles. The van der Waals surface area contributed by atoms with Crippen molar-refractivity contribution in [2.75, 3.05) is 6.61 Å². The molecule has 0 aliphatic rings. The van der Waals surface area contributed by atoms with Crippen molar-refractivity contribution in [3.63, 3.8) is 0 Å². The molecule has 0 radical (unpaired) electrons. The van der Waals surface area contributed by atoms with Crippen LogP contribution in [0.25, 0.3) is 5.69 Å². The van der Waals surface area contributed by atoms with Gasteiger partial charge in [-0.1, -0.05) is 38.1 Å². The third-order valence-electron chi connectivity index (χ3n) is 4.62. The lowest BCUT2D eigenvalue weighted by atomic mass is 10.0. The van der Waals surface area contributed by atoms with E-state index in [0.29, 0.717) is 25.3 Å². The number of hydrogen-bond acceptors (Lipinski definition) is 3. The SMILES string of the molecule is CCOCc1ccc(CNC(=O)c2cnn(-c3ccc(F)cc3)c2C(C)C)cc1. The Hall–Kier alpha value is -2.99. The number of carbonyl (C=O) groups excluding carboxylic acids is 1. The number of aromatic nitrogens is 2. The Morgan fingerprint density at radius 2 is 1.76 bits per heavy atom. The first-order chi connectivity index (χ1) is 14.0. The molecule has 0 saturated heterocycles. The Morgan fingerprint density at radius 1 is 1.10 bits per heavy atom. The zero-order valence-corrected chi connectivity index (χ0v) is 17.0. The van der Waals surface area contributed by atoms with Gasteiger partial charge in [0.15, 0.2) is 0 Å².